The molecule has 0 fully saturated rings. The average Bonchev–Trinajstić information content (AvgIpc) is 1.50. The maximum atomic E-state index is 2.53. The van der Waals surface area contributed by atoms with Crippen molar-refractivity contribution in [2.75, 3.05) is 9.80 Å². The summed E-state index contributed by atoms with van der Waals surface area (Å²) in [6, 6.07) is 194. The highest BCUT2D eigenvalue weighted by atomic mass is 15.2. The lowest BCUT2D eigenvalue weighted by atomic mass is 9.81. The molecule has 0 saturated heterocycles. The second-order valence-electron chi connectivity index (χ2n) is 39.3. The standard InChI is InChI=1S/C139H92N6/c1-139(2)124-87-97(96-69-80-136-123(86-96)119-43-18-21-52-127(119)143(136)99-33-7-4-8-34-99)67-77-110(124)111-78-76-103(88-125(111)139)141(102-74-63-93(64-75-102)105-45-25-30-92-29-9-10-35-104(92)105)132-82-84-134(117-39-14-12-37-115(117)132)145-130-55-24-19-44-121(130)138-120(50-28-56-137(138)145)109-49-27-47-107-106(46-26-48-108(107)109)94-65-72-101(73-66-94)140(131-81-83-133(116-38-13-11-36-114(116)131)144-128-53-22-15-40-112(128)113-41-16-23-54-129(113)144)100-70-61-90(62-71-100)89-57-59-91(60-58-89)95-68-79-135-122(85-95)118-42-17-20-51-126(118)142(135)98-31-5-3-6-32-98/h3-88H,1-2H3. The fourth-order valence-corrected chi connectivity index (χ4v) is 24.4. The van der Waals surface area contributed by atoms with Crippen molar-refractivity contribution < 1.29 is 0 Å². The van der Waals surface area contributed by atoms with Crippen molar-refractivity contribution in [3.8, 4) is 101 Å². The molecule has 0 aliphatic heterocycles. The summed E-state index contributed by atoms with van der Waals surface area (Å²) in [5.41, 5.74) is 39.4. The quantitative estimate of drug-likeness (QED) is 0.0964. The lowest BCUT2D eigenvalue weighted by Crippen LogP contribution is -2.17. The van der Waals surface area contributed by atoms with Crippen molar-refractivity contribution in [3.05, 3.63) is 533 Å². The predicted octanol–water partition coefficient (Wildman–Crippen LogP) is 37.9. The van der Waals surface area contributed by atoms with E-state index in [1.807, 2.05) is 0 Å². The Hall–Kier alpha value is -18.9. The van der Waals surface area contributed by atoms with Crippen LogP contribution in [0.15, 0.2) is 522 Å². The lowest BCUT2D eigenvalue weighted by Gasteiger charge is -2.30. The number of hydrogen-bond donors (Lipinski definition) is 0. The number of hydrogen-bond acceptors (Lipinski definition) is 2. The molecule has 29 rings (SSSR count). The number of rotatable bonds is 16. The average molecular weight is 1850 g/mol. The Morgan fingerprint density at radius 1 is 0.166 bits per heavy atom. The number of aromatic nitrogens is 4. The highest BCUT2D eigenvalue weighted by molar-refractivity contribution is 6.21. The van der Waals surface area contributed by atoms with Crippen LogP contribution in [0, 0.1) is 0 Å². The van der Waals surface area contributed by atoms with Crippen LogP contribution in [0.2, 0.25) is 0 Å². The number of anilines is 6. The fraction of sp³-hybridized carbons (Fsp3) is 0.0216. The SMILES string of the molecule is CC1(C)c2cc(-c3ccc4c(c3)c3ccccc3n4-c3ccccc3)ccc2-c2ccc(N(c3ccc(-c4cccc5ccccc45)cc3)c3ccc(-n4c5ccccc5c5c(-c6cccc7c(-c8ccc(N(c9ccc(-c%10ccc(-c%11ccc%12c(c%11)c%11ccccc%11n%12-c%11ccccc%11)cc%10)cc9)c9ccc(-n%10c%11ccccc%11c%11ccccc%11%10)c%10ccccc9%10)cc8)cccc67)cccc54)c4ccccc34)cc21. The first kappa shape index (κ1) is 83.1. The van der Waals surface area contributed by atoms with E-state index in [-0.39, 0.29) is 5.41 Å². The van der Waals surface area contributed by atoms with Gasteiger partial charge in [-0.3, -0.25) is 0 Å². The van der Waals surface area contributed by atoms with Gasteiger partial charge in [-0.1, -0.05) is 372 Å². The Balaban J connectivity index is 0.520. The number of nitrogens with zero attached hydrogens (tertiary/aromatic N) is 6. The molecule has 0 amide bonds. The highest BCUT2D eigenvalue weighted by Crippen LogP contribution is 2.55. The monoisotopic (exact) mass is 1840 g/mol. The molecular weight excluding hydrogens is 1750 g/mol. The molecule has 0 unspecified atom stereocenters. The zero-order valence-electron chi connectivity index (χ0n) is 79.8. The summed E-state index contributed by atoms with van der Waals surface area (Å²) in [7, 11) is 0. The first-order valence-corrected chi connectivity index (χ1v) is 50.3. The minimum Gasteiger partial charge on any atom is -0.310 e. The van der Waals surface area contributed by atoms with E-state index in [2.05, 4.69) is 564 Å². The third kappa shape index (κ3) is 13.2. The van der Waals surface area contributed by atoms with E-state index in [9.17, 15) is 0 Å². The number of para-hydroxylation sites is 7. The first-order chi connectivity index (χ1) is 71.7. The van der Waals surface area contributed by atoms with Crippen LogP contribution in [0.1, 0.15) is 25.0 Å². The van der Waals surface area contributed by atoms with Gasteiger partial charge in [-0.25, -0.2) is 0 Å². The second kappa shape index (κ2) is 33.2. The Kier molecular flexibility index (Phi) is 19.0. The lowest BCUT2D eigenvalue weighted by molar-refractivity contribution is 0.660. The van der Waals surface area contributed by atoms with Crippen molar-refractivity contribution in [2.24, 2.45) is 0 Å². The van der Waals surface area contributed by atoms with E-state index < -0.39 is 0 Å². The smallest absolute Gasteiger partial charge is 0.0547 e. The van der Waals surface area contributed by atoms with E-state index in [0.717, 1.165) is 106 Å². The van der Waals surface area contributed by atoms with Crippen LogP contribution in [0.3, 0.4) is 0 Å². The summed E-state index contributed by atoms with van der Waals surface area (Å²) in [5.74, 6) is 0. The van der Waals surface area contributed by atoms with E-state index >= 15 is 0 Å². The van der Waals surface area contributed by atoms with Gasteiger partial charge in [0.05, 0.1) is 66.9 Å². The van der Waals surface area contributed by atoms with Crippen LogP contribution < -0.4 is 9.80 Å². The zero-order chi connectivity index (χ0) is 95.6. The summed E-state index contributed by atoms with van der Waals surface area (Å²) in [5, 5.41) is 19.3. The van der Waals surface area contributed by atoms with E-state index in [4.69, 9.17) is 0 Å². The van der Waals surface area contributed by atoms with Crippen molar-refractivity contribution in [2.45, 2.75) is 19.3 Å². The Bertz CT molecular complexity index is 10100. The Morgan fingerprint density at radius 3 is 1.01 bits per heavy atom. The van der Waals surface area contributed by atoms with Gasteiger partial charge in [0, 0.05) is 104 Å². The normalized spacial score (nSPS) is 12.4. The molecule has 0 spiro atoms. The minimum atomic E-state index is -0.341. The van der Waals surface area contributed by atoms with Crippen molar-refractivity contribution in [1.82, 2.24) is 18.3 Å². The zero-order valence-corrected chi connectivity index (χ0v) is 79.8. The third-order valence-electron chi connectivity index (χ3n) is 31.2. The van der Waals surface area contributed by atoms with Crippen molar-refractivity contribution in [1.29, 1.82) is 0 Å². The van der Waals surface area contributed by atoms with Gasteiger partial charge < -0.3 is 28.1 Å². The molecule has 24 aromatic carbocycles. The molecule has 6 nitrogen and oxygen atoms in total. The van der Waals surface area contributed by atoms with E-state index in [1.165, 1.54) is 170 Å². The first-order valence-electron chi connectivity index (χ1n) is 50.3. The van der Waals surface area contributed by atoms with Crippen LogP contribution in [-0.4, -0.2) is 18.3 Å². The Morgan fingerprint density at radius 2 is 0.476 bits per heavy atom. The third-order valence-corrected chi connectivity index (χ3v) is 31.2. The van der Waals surface area contributed by atoms with Crippen LogP contribution in [0.5, 0.6) is 0 Å². The minimum absolute atomic E-state index is 0.341. The van der Waals surface area contributed by atoms with Crippen LogP contribution in [0.25, 0.3) is 231 Å². The molecule has 1 aliphatic carbocycles. The largest absolute Gasteiger partial charge is 0.310 e. The topological polar surface area (TPSA) is 26.2 Å². The van der Waals surface area contributed by atoms with Crippen LogP contribution in [-0.2, 0) is 5.41 Å². The molecule has 4 aromatic heterocycles. The molecule has 0 N–H and O–H groups in total. The summed E-state index contributed by atoms with van der Waals surface area (Å²) >= 11 is 0. The van der Waals surface area contributed by atoms with E-state index in [0.29, 0.717) is 0 Å². The van der Waals surface area contributed by atoms with Gasteiger partial charge in [-0.15, -0.1) is 0 Å². The van der Waals surface area contributed by atoms with Gasteiger partial charge in [0.15, 0.2) is 0 Å². The predicted molar refractivity (Wildman–Crippen MR) is 613 cm³/mol. The molecule has 6 heteroatoms. The molecule has 1 aliphatic rings. The van der Waals surface area contributed by atoms with Gasteiger partial charge in [0.1, 0.15) is 0 Å². The van der Waals surface area contributed by atoms with E-state index in [1.54, 1.807) is 0 Å². The molecule has 678 valence electrons. The molecular formula is C139H92N6. The van der Waals surface area contributed by atoms with Crippen LogP contribution >= 0.6 is 0 Å². The fourth-order valence-electron chi connectivity index (χ4n) is 24.4. The molecule has 0 saturated carbocycles. The van der Waals surface area contributed by atoms with Gasteiger partial charge >= 0.3 is 0 Å². The Labute approximate surface area is 839 Å². The summed E-state index contributed by atoms with van der Waals surface area (Å²) < 4.78 is 9.76. The summed E-state index contributed by atoms with van der Waals surface area (Å²) in [6.07, 6.45) is 0. The molecule has 4 heterocycles. The molecule has 28 aromatic rings. The molecule has 0 radical (unpaired) electrons. The number of fused-ring (bicyclic) bond motifs is 19. The number of benzene rings is 24. The molecule has 0 bridgehead atoms. The van der Waals surface area contributed by atoms with Crippen LogP contribution in [0.4, 0.5) is 34.1 Å². The maximum Gasteiger partial charge on any atom is 0.0547 e. The van der Waals surface area contributed by atoms with Gasteiger partial charge in [-0.05, 0) is 274 Å². The summed E-state index contributed by atoms with van der Waals surface area (Å²) in [6.45, 7) is 4.84. The van der Waals surface area contributed by atoms with Gasteiger partial charge in [-0.2, -0.15) is 0 Å². The second-order valence-corrected chi connectivity index (χ2v) is 39.3. The summed E-state index contributed by atoms with van der Waals surface area (Å²) in [4.78, 5) is 4.96. The maximum absolute atomic E-state index is 2.53. The molecule has 0 atom stereocenters. The van der Waals surface area contributed by atoms with Crippen molar-refractivity contribution in [3.63, 3.8) is 0 Å². The highest BCUT2D eigenvalue weighted by Gasteiger charge is 2.38. The van der Waals surface area contributed by atoms with Gasteiger partial charge in [0.2, 0.25) is 0 Å². The van der Waals surface area contributed by atoms with Gasteiger partial charge in [0.25, 0.3) is 0 Å². The molecule has 145 heavy (non-hydrogen) atoms. The van der Waals surface area contributed by atoms with Crippen molar-refractivity contribution >= 4 is 164 Å².